The molecule has 1 saturated carbocycles. The molecule has 1 aliphatic carbocycles. The topological polar surface area (TPSA) is 62.4 Å². The van der Waals surface area contributed by atoms with Gasteiger partial charge in [0.1, 0.15) is 10.8 Å². The highest BCUT2D eigenvalue weighted by molar-refractivity contribution is 7.80. The van der Waals surface area contributed by atoms with Crippen LogP contribution in [0, 0.1) is 6.92 Å². The van der Waals surface area contributed by atoms with E-state index in [0.29, 0.717) is 4.99 Å². The molecule has 3 N–H and O–H groups in total. The van der Waals surface area contributed by atoms with E-state index in [1.165, 1.54) is 0 Å². The third kappa shape index (κ3) is 2.87. The molecule has 0 aliphatic heterocycles. The number of aryl methyl sites for hydroxylation is 1. The van der Waals surface area contributed by atoms with Gasteiger partial charge in [-0.05, 0) is 31.4 Å². The average molecular weight is 279 g/mol. The lowest BCUT2D eigenvalue weighted by Crippen LogP contribution is -2.44. The van der Waals surface area contributed by atoms with Gasteiger partial charge in [0.15, 0.2) is 0 Å². The van der Waals surface area contributed by atoms with Crippen molar-refractivity contribution in [3.8, 4) is 0 Å². The van der Waals surface area contributed by atoms with E-state index in [-0.39, 0.29) is 12.1 Å². The van der Waals surface area contributed by atoms with Gasteiger partial charge in [-0.25, -0.2) is 4.98 Å². The maximum atomic E-state index is 10.2. The van der Waals surface area contributed by atoms with E-state index in [0.717, 1.165) is 42.6 Å². The summed E-state index contributed by atoms with van der Waals surface area (Å²) in [5.41, 5.74) is 7.66. The average Bonchev–Trinajstić information content (AvgIpc) is 2.37. The number of nitrogens with zero attached hydrogens (tertiary/aromatic N) is 2. The fraction of sp³-hybridized carbons (Fsp3) is 0.571. The highest BCUT2D eigenvalue weighted by Gasteiger charge is 2.29. The van der Waals surface area contributed by atoms with Crippen molar-refractivity contribution in [2.45, 2.75) is 44.8 Å². The van der Waals surface area contributed by atoms with Crippen molar-refractivity contribution in [3.63, 3.8) is 0 Å². The van der Waals surface area contributed by atoms with Crippen molar-refractivity contribution in [2.24, 2.45) is 5.73 Å². The van der Waals surface area contributed by atoms with Crippen molar-refractivity contribution >= 4 is 23.0 Å². The first-order chi connectivity index (χ1) is 9.02. The monoisotopic (exact) mass is 279 g/mol. The summed E-state index contributed by atoms with van der Waals surface area (Å²) in [6.07, 6.45) is 5.51. The summed E-state index contributed by atoms with van der Waals surface area (Å²) >= 11 is 5.14. The summed E-state index contributed by atoms with van der Waals surface area (Å²) in [6, 6.07) is 2.00. The van der Waals surface area contributed by atoms with Gasteiger partial charge in [-0.1, -0.05) is 25.1 Å². The van der Waals surface area contributed by atoms with E-state index in [4.69, 9.17) is 18.0 Å². The number of likely N-dealkylation sites (N-methyl/N-ethyl adjacent to an activating group) is 1. The maximum absolute atomic E-state index is 10.2. The Balaban J connectivity index is 2.35. The minimum absolute atomic E-state index is 0.0937. The van der Waals surface area contributed by atoms with Crippen LogP contribution < -0.4 is 10.6 Å². The van der Waals surface area contributed by atoms with Crippen molar-refractivity contribution < 1.29 is 5.11 Å². The Labute approximate surface area is 119 Å². The fourth-order valence-corrected chi connectivity index (χ4v) is 3.07. The molecule has 0 aromatic carbocycles. The highest BCUT2D eigenvalue weighted by atomic mass is 32.1. The van der Waals surface area contributed by atoms with E-state index in [2.05, 4.69) is 4.98 Å². The first-order valence-corrected chi connectivity index (χ1v) is 7.09. The Bertz CT molecular complexity index is 478. The van der Waals surface area contributed by atoms with Gasteiger partial charge < -0.3 is 15.7 Å². The Morgan fingerprint density at radius 2 is 2.16 bits per heavy atom. The van der Waals surface area contributed by atoms with E-state index < -0.39 is 0 Å². The lowest BCUT2D eigenvalue weighted by molar-refractivity contribution is 0.106. The standard InChI is InChI=1S/C14H21N3OS/c1-9-7-8-16-14(12(9)13(15)19)17(2)10-5-3-4-6-11(10)18/h7-8,10-11,18H,3-6H2,1-2H3,(H2,15,19). The Kier molecular flexibility index (Phi) is 4.37. The second kappa shape index (κ2) is 5.84. The van der Waals surface area contributed by atoms with Crippen LogP contribution in [0.4, 0.5) is 5.82 Å². The largest absolute Gasteiger partial charge is 0.391 e. The second-order valence-electron chi connectivity index (χ2n) is 5.22. The van der Waals surface area contributed by atoms with E-state index in [9.17, 15) is 5.11 Å². The molecule has 5 heteroatoms. The zero-order valence-electron chi connectivity index (χ0n) is 11.5. The van der Waals surface area contributed by atoms with Gasteiger partial charge in [0.25, 0.3) is 0 Å². The zero-order chi connectivity index (χ0) is 14.0. The molecule has 1 aromatic heterocycles. The van der Waals surface area contributed by atoms with Crippen LogP contribution in [-0.4, -0.2) is 34.3 Å². The molecule has 1 heterocycles. The van der Waals surface area contributed by atoms with Crippen LogP contribution in [-0.2, 0) is 0 Å². The Morgan fingerprint density at radius 3 is 2.79 bits per heavy atom. The number of nitrogens with two attached hydrogens (primary N) is 1. The number of aliphatic hydroxyl groups excluding tert-OH is 1. The maximum Gasteiger partial charge on any atom is 0.139 e. The van der Waals surface area contributed by atoms with Gasteiger partial charge in [-0.15, -0.1) is 0 Å². The molecule has 1 fully saturated rings. The van der Waals surface area contributed by atoms with Crippen LogP contribution in [0.5, 0.6) is 0 Å². The molecule has 0 radical (unpaired) electrons. The number of pyridine rings is 1. The van der Waals surface area contributed by atoms with Gasteiger partial charge in [0, 0.05) is 13.2 Å². The molecule has 19 heavy (non-hydrogen) atoms. The van der Waals surface area contributed by atoms with Gasteiger partial charge in [-0.2, -0.15) is 0 Å². The number of aliphatic hydroxyl groups is 1. The second-order valence-corrected chi connectivity index (χ2v) is 5.66. The lowest BCUT2D eigenvalue weighted by atomic mass is 9.91. The quantitative estimate of drug-likeness (QED) is 0.826. The third-order valence-electron chi connectivity index (χ3n) is 3.91. The molecule has 104 valence electrons. The van der Waals surface area contributed by atoms with E-state index in [1.54, 1.807) is 6.20 Å². The van der Waals surface area contributed by atoms with Crippen molar-refractivity contribution in [1.82, 2.24) is 4.98 Å². The summed E-state index contributed by atoms with van der Waals surface area (Å²) in [5.74, 6) is 0.776. The molecule has 1 aromatic rings. The molecule has 0 spiro atoms. The van der Waals surface area contributed by atoms with Crippen LogP contribution in [0.2, 0.25) is 0 Å². The smallest absolute Gasteiger partial charge is 0.139 e. The molecule has 0 bridgehead atoms. The summed E-state index contributed by atoms with van der Waals surface area (Å²) in [4.78, 5) is 6.81. The Morgan fingerprint density at radius 1 is 1.47 bits per heavy atom. The van der Waals surface area contributed by atoms with Crippen LogP contribution in [0.25, 0.3) is 0 Å². The summed E-state index contributed by atoms with van der Waals surface area (Å²) in [6.45, 7) is 1.98. The normalized spacial score (nSPS) is 23.1. The highest BCUT2D eigenvalue weighted by Crippen LogP contribution is 2.28. The molecule has 0 saturated heterocycles. The van der Waals surface area contributed by atoms with E-state index in [1.807, 2.05) is 24.9 Å². The molecule has 4 nitrogen and oxygen atoms in total. The number of thiocarbonyl (C=S) groups is 1. The van der Waals surface area contributed by atoms with Gasteiger partial charge >= 0.3 is 0 Å². The van der Waals surface area contributed by atoms with Crippen molar-refractivity contribution in [1.29, 1.82) is 0 Å². The summed E-state index contributed by atoms with van der Waals surface area (Å²) in [5, 5.41) is 10.2. The number of hydrogen-bond donors (Lipinski definition) is 2. The van der Waals surface area contributed by atoms with Gasteiger partial charge in [-0.3, -0.25) is 0 Å². The molecule has 2 rings (SSSR count). The van der Waals surface area contributed by atoms with Crippen LogP contribution in [0.1, 0.15) is 36.8 Å². The van der Waals surface area contributed by atoms with Crippen LogP contribution >= 0.6 is 12.2 Å². The fourth-order valence-electron chi connectivity index (χ4n) is 2.82. The Hall–Kier alpha value is -1.20. The SMILES string of the molecule is Cc1ccnc(N(C)C2CCCCC2O)c1C(N)=S. The van der Waals surface area contributed by atoms with Crippen molar-refractivity contribution in [2.75, 3.05) is 11.9 Å². The number of anilines is 1. The molecular formula is C14H21N3OS. The molecule has 0 amide bonds. The zero-order valence-corrected chi connectivity index (χ0v) is 12.3. The van der Waals surface area contributed by atoms with Crippen LogP contribution in [0.15, 0.2) is 12.3 Å². The molecular weight excluding hydrogens is 258 g/mol. The van der Waals surface area contributed by atoms with Gasteiger partial charge in [0.05, 0.1) is 17.7 Å². The molecule has 1 aliphatic rings. The minimum Gasteiger partial charge on any atom is -0.391 e. The predicted octanol–water partition coefficient (Wildman–Crippen LogP) is 1.76. The third-order valence-corrected chi connectivity index (χ3v) is 4.12. The van der Waals surface area contributed by atoms with Crippen LogP contribution in [0.3, 0.4) is 0 Å². The van der Waals surface area contributed by atoms with E-state index >= 15 is 0 Å². The lowest BCUT2D eigenvalue weighted by Gasteiger charge is -2.36. The summed E-state index contributed by atoms with van der Waals surface area (Å²) < 4.78 is 0. The first kappa shape index (κ1) is 14.2. The molecule has 2 atom stereocenters. The number of hydrogen-bond acceptors (Lipinski definition) is 4. The van der Waals surface area contributed by atoms with Crippen molar-refractivity contribution in [3.05, 3.63) is 23.4 Å². The molecule has 2 unspecified atom stereocenters. The number of rotatable bonds is 3. The summed E-state index contributed by atoms with van der Waals surface area (Å²) in [7, 11) is 1.96. The minimum atomic E-state index is -0.305. The van der Waals surface area contributed by atoms with Gasteiger partial charge in [0.2, 0.25) is 0 Å². The number of aromatic nitrogens is 1. The predicted molar refractivity (Wildman–Crippen MR) is 81.5 cm³/mol. The first-order valence-electron chi connectivity index (χ1n) is 6.68.